The van der Waals surface area contributed by atoms with Crippen LogP contribution in [0.4, 0.5) is 5.69 Å². The van der Waals surface area contributed by atoms with E-state index in [4.69, 9.17) is 10.5 Å². The highest BCUT2D eigenvalue weighted by Gasteiger charge is 2.13. The second-order valence-electron chi connectivity index (χ2n) is 4.30. The van der Waals surface area contributed by atoms with Gasteiger partial charge in [0.25, 0.3) is 0 Å². The molecule has 1 aromatic heterocycles. The standard InChI is InChI=1S/C13H11N7O2S/c14-6-1-7-23(21,22)12-4-2-11(3-5-12)16-9-10(8-15)13-17-19-20-18-13/h2-5,9,16H,1,7H2,(H,17,18,19,20). The van der Waals surface area contributed by atoms with Crippen LogP contribution in [0.5, 0.6) is 0 Å². The summed E-state index contributed by atoms with van der Waals surface area (Å²) in [5, 5.41) is 33.3. The van der Waals surface area contributed by atoms with E-state index in [0.29, 0.717) is 5.69 Å². The smallest absolute Gasteiger partial charge is 0.216 e. The highest BCUT2D eigenvalue weighted by molar-refractivity contribution is 7.91. The van der Waals surface area contributed by atoms with Crippen molar-refractivity contribution < 1.29 is 8.42 Å². The van der Waals surface area contributed by atoms with Crippen LogP contribution in [0.2, 0.25) is 0 Å². The first-order valence-corrected chi connectivity index (χ1v) is 8.02. The molecule has 0 saturated carbocycles. The van der Waals surface area contributed by atoms with Crippen molar-refractivity contribution in [3.05, 3.63) is 36.3 Å². The van der Waals surface area contributed by atoms with E-state index in [1.807, 2.05) is 12.1 Å². The molecule has 0 aliphatic carbocycles. The summed E-state index contributed by atoms with van der Waals surface area (Å²) in [4.78, 5) is 0.140. The minimum Gasteiger partial charge on any atom is -0.360 e. The summed E-state index contributed by atoms with van der Waals surface area (Å²) in [6, 6.07) is 9.71. The molecule has 0 spiro atoms. The lowest BCUT2D eigenvalue weighted by Gasteiger charge is -2.04. The van der Waals surface area contributed by atoms with Gasteiger partial charge in [0.15, 0.2) is 9.84 Å². The van der Waals surface area contributed by atoms with Crippen LogP contribution in [0.1, 0.15) is 12.2 Å². The molecule has 0 unspecified atom stereocenters. The lowest BCUT2D eigenvalue weighted by molar-refractivity contribution is 0.596. The Morgan fingerprint density at radius 2 is 2.04 bits per heavy atom. The molecule has 2 rings (SSSR count). The van der Waals surface area contributed by atoms with Gasteiger partial charge >= 0.3 is 0 Å². The third-order valence-electron chi connectivity index (χ3n) is 2.79. The second-order valence-corrected chi connectivity index (χ2v) is 6.41. The van der Waals surface area contributed by atoms with Gasteiger partial charge < -0.3 is 5.32 Å². The van der Waals surface area contributed by atoms with E-state index < -0.39 is 9.84 Å². The SMILES string of the molecule is N#CCCS(=O)(=O)c1ccc(NC=C(C#N)c2nn[nH]n2)cc1. The van der Waals surface area contributed by atoms with Crippen molar-refractivity contribution in [2.45, 2.75) is 11.3 Å². The number of anilines is 1. The van der Waals surface area contributed by atoms with Crippen LogP contribution in [0.3, 0.4) is 0 Å². The van der Waals surface area contributed by atoms with Gasteiger partial charge in [-0.05, 0) is 29.5 Å². The molecular formula is C13H11N7O2S. The maximum absolute atomic E-state index is 11.9. The molecule has 0 aliphatic rings. The van der Waals surface area contributed by atoms with E-state index >= 15 is 0 Å². The zero-order chi connectivity index (χ0) is 16.7. The fraction of sp³-hybridized carbons (Fsp3) is 0.154. The Balaban J connectivity index is 2.12. The zero-order valence-corrected chi connectivity index (χ0v) is 12.6. The number of nitrogens with zero attached hydrogens (tertiary/aromatic N) is 5. The van der Waals surface area contributed by atoms with Gasteiger partial charge in [-0.25, -0.2) is 8.42 Å². The Bertz CT molecular complexity index is 872. The Kier molecular flexibility index (Phi) is 5.02. The van der Waals surface area contributed by atoms with E-state index in [9.17, 15) is 8.42 Å². The number of nitrogens with one attached hydrogen (secondary N) is 2. The summed E-state index contributed by atoms with van der Waals surface area (Å²) in [6.07, 6.45) is 1.34. The van der Waals surface area contributed by atoms with Crippen LogP contribution < -0.4 is 5.32 Å². The predicted molar refractivity (Wildman–Crippen MR) is 80.1 cm³/mol. The molecule has 1 heterocycles. The Hall–Kier alpha value is -3.24. The van der Waals surface area contributed by atoms with Crippen molar-refractivity contribution in [2.24, 2.45) is 0 Å². The molecule has 9 nitrogen and oxygen atoms in total. The normalized spacial score (nSPS) is 11.5. The minimum absolute atomic E-state index is 0.0543. The van der Waals surface area contributed by atoms with E-state index in [1.54, 1.807) is 12.1 Å². The highest BCUT2D eigenvalue weighted by Crippen LogP contribution is 2.17. The number of hydrogen-bond acceptors (Lipinski definition) is 8. The van der Waals surface area contributed by atoms with Crippen molar-refractivity contribution >= 4 is 21.1 Å². The number of rotatable bonds is 6. The first-order chi connectivity index (χ1) is 11.1. The van der Waals surface area contributed by atoms with Crippen LogP contribution in [0, 0.1) is 22.7 Å². The van der Waals surface area contributed by atoms with Gasteiger partial charge in [0.05, 0.1) is 16.7 Å². The maximum Gasteiger partial charge on any atom is 0.216 e. The van der Waals surface area contributed by atoms with E-state index in [-0.39, 0.29) is 28.5 Å². The number of nitriles is 2. The molecule has 0 bridgehead atoms. The Morgan fingerprint density at radius 3 is 2.61 bits per heavy atom. The molecule has 0 atom stereocenters. The number of aromatic nitrogens is 4. The second kappa shape index (κ2) is 7.15. The predicted octanol–water partition coefficient (Wildman–Crippen LogP) is 0.864. The summed E-state index contributed by atoms with van der Waals surface area (Å²) < 4.78 is 23.8. The molecule has 10 heteroatoms. The third kappa shape index (κ3) is 4.12. The monoisotopic (exact) mass is 329 g/mol. The molecule has 116 valence electrons. The van der Waals surface area contributed by atoms with Gasteiger partial charge in [-0.15, -0.1) is 10.2 Å². The van der Waals surface area contributed by atoms with Crippen LogP contribution in [0.15, 0.2) is 35.4 Å². The number of hydrogen-bond donors (Lipinski definition) is 2. The molecule has 0 fully saturated rings. The topological polar surface area (TPSA) is 148 Å². The average Bonchev–Trinajstić information content (AvgIpc) is 3.08. The lowest BCUT2D eigenvalue weighted by atomic mass is 10.3. The van der Waals surface area contributed by atoms with Gasteiger partial charge in [0.1, 0.15) is 11.6 Å². The summed E-state index contributed by atoms with van der Waals surface area (Å²) in [5.74, 6) is -0.0669. The summed E-state index contributed by atoms with van der Waals surface area (Å²) in [6.45, 7) is 0. The quantitative estimate of drug-likeness (QED) is 0.741. The van der Waals surface area contributed by atoms with E-state index in [1.165, 1.54) is 18.3 Å². The molecule has 0 radical (unpaired) electrons. The lowest BCUT2D eigenvalue weighted by Crippen LogP contribution is -2.06. The number of allylic oxidation sites excluding steroid dienone is 1. The molecule has 23 heavy (non-hydrogen) atoms. The van der Waals surface area contributed by atoms with Crippen molar-refractivity contribution in [3.8, 4) is 12.1 Å². The van der Waals surface area contributed by atoms with Crippen LogP contribution >= 0.6 is 0 Å². The summed E-state index contributed by atoms with van der Waals surface area (Å²) in [5.41, 5.74) is 0.755. The van der Waals surface area contributed by atoms with Crippen molar-refractivity contribution in [1.29, 1.82) is 10.5 Å². The minimum atomic E-state index is -3.46. The van der Waals surface area contributed by atoms with Gasteiger partial charge in [-0.3, -0.25) is 0 Å². The molecular weight excluding hydrogens is 318 g/mol. The van der Waals surface area contributed by atoms with E-state index in [2.05, 4.69) is 25.9 Å². The van der Waals surface area contributed by atoms with Crippen LogP contribution in [-0.4, -0.2) is 34.8 Å². The van der Waals surface area contributed by atoms with Gasteiger partial charge in [0, 0.05) is 18.3 Å². The number of benzene rings is 1. The third-order valence-corrected chi connectivity index (χ3v) is 4.52. The number of tetrazole rings is 1. The van der Waals surface area contributed by atoms with Gasteiger partial charge in [-0.2, -0.15) is 15.7 Å². The zero-order valence-electron chi connectivity index (χ0n) is 11.8. The van der Waals surface area contributed by atoms with Crippen molar-refractivity contribution in [1.82, 2.24) is 20.6 Å². The number of aromatic amines is 1. The Morgan fingerprint density at radius 1 is 1.30 bits per heavy atom. The van der Waals surface area contributed by atoms with Gasteiger partial charge in [0.2, 0.25) is 5.82 Å². The molecule has 2 aromatic rings. The first kappa shape index (κ1) is 16.1. The molecule has 0 saturated heterocycles. The van der Waals surface area contributed by atoms with Crippen molar-refractivity contribution in [3.63, 3.8) is 0 Å². The molecule has 2 N–H and O–H groups in total. The molecule has 0 amide bonds. The van der Waals surface area contributed by atoms with Crippen LogP contribution in [0.25, 0.3) is 5.57 Å². The fourth-order valence-electron chi connectivity index (χ4n) is 1.63. The summed E-state index contributed by atoms with van der Waals surface area (Å²) >= 11 is 0. The highest BCUT2D eigenvalue weighted by atomic mass is 32.2. The summed E-state index contributed by atoms with van der Waals surface area (Å²) in [7, 11) is -3.46. The number of sulfone groups is 1. The average molecular weight is 329 g/mol. The number of H-pyrrole nitrogens is 1. The maximum atomic E-state index is 11.9. The Labute approximate surface area is 132 Å². The van der Waals surface area contributed by atoms with E-state index in [0.717, 1.165) is 0 Å². The van der Waals surface area contributed by atoms with Crippen molar-refractivity contribution in [2.75, 3.05) is 11.1 Å². The van der Waals surface area contributed by atoms with Gasteiger partial charge in [-0.1, -0.05) is 0 Å². The first-order valence-electron chi connectivity index (χ1n) is 6.37. The van der Waals surface area contributed by atoms with Crippen LogP contribution in [-0.2, 0) is 9.84 Å². The molecule has 1 aromatic carbocycles. The largest absolute Gasteiger partial charge is 0.360 e. The fourth-order valence-corrected chi connectivity index (χ4v) is 2.78. The molecule has 0 aliphatic heterocycles.